The van der Waals surface area contributed by atoms with Crippen LogP contribution in [-0.4, -0.2) is 41.8 Å². The maximum atomic E-state index is 12.1. The van der Waals surface area contributed by atoms with E-state index >= 15 is 0 Å². The van der Waals surface area contributed by atoms with Gasteiger partial charge in [-0.1, -0.05) is 12.1 Å². The third-order valence-electron chi connectivity index (χ3n) is 3.51. The van der Waals surface area contributed by atoms with Crippen molar-refractivity contribution in [1.29, 1.82) is 0 Å². The number of ether oxygens (including phenoxy) is 1. The Labute approximate surface area is 126 Å². The van der Waals surface area contributed by atoms with Crippen LogP contribution in [-0.2, 0) is 11.3 Å². The van der Waals surface area contributed by atoms with Crippen LogP contribution in [0.5, 0.6) is 0 Å². The second-order valence-electron chi connectivity index (χ2n) is 5.52. The molecule has 0 aromatic heterocycles. The number of anilines is 1. The van der Waals surface area contributed by atoms with Gasteiger partial charge in [0.2, 0.25) is 0 Å². The minimum Gasteiger partial charge on any atom is -0.394 e. The van der Waals surface area contributed by atoms with E-state index in [1.54, 1.807) is 14.0 Å². The molecule has 1 rings (SSSR count). The van der Waals surface area contributed by atoms with Gasteiger partial charge in [-0.2, -0.15) is 0 Å². The van der Waals surface area contributed by atoms with E-state index in [0.29, 0.717) is 6.61 Å². The Morgan fingerprint density at radius 2 is 2.05 bits per heavy atom. The van der Waals surface area contributed by atoms with E-state index in [9.17, 15) is 4.79 Å². The summed E-state index contributed by atoms with van der Waals surface area (Å²) in [5, 5.41) is 12.0. The Hall–Kier alpha value is -1.59. The number of nitrogens with zero attached hydrogens (tertiary/aromatic N) is 1. The van der Waals surface area contributed by atoms with Crippen molar-refractivity contribution in [3.05, 3.63) is 29.3 Å². The topological polar surface area (TPSA) is 61.8 Å². The van der Waals surface area contributed by atoms with Crippen LogP contribution in [0.1, 0.15) is 31.9 Å². The summed E-state index contributed by atoms with van der Waals surface area (Å²) in [6.45, 7) is 8.20. The Morgan fingerprint density at radius 1 is 1.38 bits per heavy atom. The zero-order chi connectivity index (χ0) is 16.0. The molecule has 2 amide bonds. The molecule has 5 nitrogen and oxygen atoms in total. The number of amides is 2. The van der Waals surface area contributed by atoms with E-state index in [0.717, 1.165) is 16.8 Å². The van der Waals surface area contributed by atoms with Gasteiger partial charge in [-0.15, -0.1) is 0 Å². The highest BCUT2D eigenvalue weighted by Gasteiger charge is 2.16. The number of hydrogen-bond donors (Lipinski definition) is 2. The summed E-state index contributed by atoms with van der Waals surface area (Å²) in [4.78, 5) is 13.6. The smallest absolute Gasteiger partial charge is 0.321 e. The molecule has 1 aromatic carbocycles. The van der Waals surface area contributed by atoms with Crippen molar-refractivity contribution in [3.8, 4) is 0 Å². The fourth-order valence-electron chi connectivity index (χ4n) is 1.76. The summed E-state index contributed by atoms with van der Waals surface area (Å²) < 4.78 is 5.62. The van der Waals surface area contributed by atoms with E-state index in [2.05, 4.69) is 5.32 Å². The molecule has 1 atom stereocenters. The van der Waals surface area contributed by atoms with E-state index in [-0.39, 0.29) is 24.8 Å². The predicted octanol–water partition coefficient (Wildman–Crippen LogP) is 2.76. The molecule has 1 unspecified atom stereocenters. The van der Waals surface area contributed by atoms with Gasteiger partial charge in [-0.25, -0.2) is 4.79 Å². The second-order valence-corrected chi connectivity index (χ2v) is 5.52. The second kappa shape index (κ2) is 8.00. The first kappa shape index (κ1) is 17.5. The van der Waals surface area contributed by atoms with Gasteiger partial charge >= 0.3 is 6.03 Å². The predicted molar refractivity (Wildman–Crippen MR) is 84.4 cm³/mol. The standard InChI is InChI=1S/C16H26N2O3/c1-11(2)21-10-14-7-6-8-15(13(14)4)17-16(20)18(5)12(3)9-19/h6-8,11-12,19H,9-10H2,1-5H3,(H,17,20). The first-order valence-corrected chi connectivity index (χ1v) is 7.21. The molecule has 0 aliphatic carbocycles. The molecule has 0 bridgehead atoms. The Kier molecular flexibility index (Phi) is 6.65. The zero-order valence-corrected chi connectivity index (χ0v) is 13.5. The maximum Gasteiger partial charge on any atom is 0.321 e. The van der Waals surface area contributed by atoms with Crippen LogP contribution in [0.2, 0.25) is 0 Å². The number of hydrogen-bond acceptors (Lipinski definition) is 3. The van der Waals surface area contributed by atoms with E-state index in [4.69, 9.17) is 9.84 Å². The molecular weight excluding hydrogens is 268 g/mol. The van der Waals surface area contributed by atoms with Crippen LogP contribution in [0.3, 0.4) is 0 Å². The molecule has 0 aliphatic heterocycles. The monoisotopic (exact) mass is 294 g/mol. The lowest BCUT2D eigenvalue weighted by molar-refractivity contribution is 0.0654. The largest absolute Gasteiger partial charge is 0.394 e. The molecule has 5 heteroatoms. The molecular formula is C16H26N2O3. The average molecular weight is 294 g/mol. The van der Waals surface area contributed by atoms with Gasteiger partial charge < -0.3 is 20.1 Å². The molecule has 0 saturated heterocycles. The number of aliphatic hydroxyl groups excluding tert-OH is 1. The molecule has 21 heavy (non-hydrogen) atoms. The fraction of sp³-hybridized carbons (Fsp3) is 0.562. The van der Waals surface area contributed by atoms with Crippen LogP contribution >= 0.6 is 0 Å². The lowest BCUT2D eigenvalue weighted by Gasteiger charge is -2.24. The zero-order valence-electron chi connectivity index (χ0n) is 13.5. The van der Waals surface area contributed by atoms with Crippen molar-refractivity contribution in [1.82, 2.24) is 4.90 Å². The lowest BCUT2D eigenvalue weighted by atomic mass is 10.1. The van der Waals surface area contributed by atoms with Crippen LogP contribution in [0.4, 0.5) is 10.5 Å². The number of carbonyl (C=O) groups is 1. The molecule has 0 fully saturated rings. The SMILES string of the molecule is Cc1c(COC(C)C)cccc1NC(=O)N(C)C(C)CO. The van der Waals surface area contributed by atoms with Gasteiger partial charge in [0, 0.05) is 12.7 Å². The van der Waals surface area contributed by atoms with Crippen molar-refractivity contribution < 1.29 is 14.6 Å². The van der Waals surface area contributed by atoms with Crippen molar-refractivity contribution >= 4 is 11.7 Å². The summed E-state index contributed by atoms with van der Waals surface area (Å²) in [6.07, 6.45) is 0.166. The maximum absolute atomic E-state index is 12.1. The fourth-order valence-corrected chi connectivity index (χ4v) is 1.76. The highest BCUT2D eigenvalue weighted by atomic mass is 16.5. The van der Waals surface area contributed by atoms with E-state index in [1.807, 2.05) is 39.0 Å². The van der Waals surface area contributed by atoms with Gasteiger partial charge in [-0.3, -0.25) is 0 Å². The Balaban J connectivity index is 2.80. The molecule has 1 aromatic rings. The molecule has 118 valence electrons. The third-order valence-corrected chi connectivity index (χ3v) is 3.51. The van der Waals surface area contributed by atoms with Gasteiger partial charge in [0.25, 0.3) is 0 Å². The molecule has 0 saturated carbocycles. The van der Waals surface area contributed by atoms with Crippen molar-refractivity contribution in [2.45, 2.75) is 46.4 Å². The molecule has 0 spiro atoms. The number of benzene rings is 1. The minimum atomic E-state index is -0.235. The van der Waals surface area contributed by atoms with Gasteiger partial charge in [0.1, 0.15) is 0 Å². The molecule has 0 radical (unpaired) electrons. The summed E-state index contributed by atoms with van der Waals surface area (Å²) in [5.41, 5.74) is 2.82. The number of rotatable bonds is 6. The first-order valence-electron chi connectivity index (χ1n) is 7.21. The van der Waals surface area contributed by atoms with Crippen molar-refractivity contribution in [2.24, 2.45) is 0 Å². The van der Waals surface area contributed by atoms with Crippen LogP contribution in [0.15, 0.2) is 18.2 Å². The summed E-state index contributed by atoms with van der Waals surface area (Å²) >= 11 is 0. The highest BCUT2D eigenvalue weighted by Crippen LogP contribution is 2.20. The quantitative estimate of drug-likeness (QED) is 0.848. The number of likely N-dealkylation sites (N-methyl/N-ethyl adjacent to an activating group) is 1. The summed E-state index contributed by atoms with van der Waals surface area (Å²) in [6, 6.07) is 5.30. The van der Waals surface area contributed by atoms with Crippen molar-refractivity contribution in [3.63, 3.8) is 0 Å². The van der Waals surface area contributed by atoms with E-state index < -0.39 is 0 Å². The third kappa shape index (κ3) is 5.02. The number of aliphatic hydroxyl groups is 1. The average Bonchev–Trinajstić information content (AvgIpc) is 2.46. The summed E-state index contributed by atoms with van der Waals surface area (Å²) in [5.74, 6) is 0. The van der Waals surface area contributed by atoms with E-state index in [1.165, 1.54) is 4.90 Å². The normalized spacial score (nSPS) is 12.3. The van der Waals surface area contributed by atoms with Gasteiger partial charge in [0.15, 0.2) is 0 Å². The molecule has 0 aliphatic rings. The van der Waals surface area contributed by atoms with Crippen LogP contribution < -0.4 is 5.32 Å². The molecule has 0 heterocycles. The number of urea groups is 1. The van der Waals surface area contributed by atoms with Crippen LogP contribution in [0.25, 0.3) is 0 Å². The highest BCUT2D eigenvalue weighted by molar-refractivity contribution is 5.90. The van der Waals surface area contributed by atoms with Gasteiger partial charge in [-0.05, 0) is 44.9 Å². The lowest BCUT2D eigenvalue weighted by Crippen LogP contribution is -2.40. The van der Waals surface area contributed by atoms with Gasteiger partial charge in [0.05, 0.1) is 25.4 Å². The Bertz CT molecular complexity index is 475. The Morgan fingerprint density at radius 3 is 2.62 bits per heavy atom. The van der Waals surface area contributed by atoms with Crippen LogP contribution in [0, 0.1) is 6.92 Å². The van der Waals surface area contributed by atoms with Crippen molar-refractivity contribution in [2.75, 3.05) is 19.0 Å². The molecule has 2 N–H and O–H groups in total. The number of nitrogens with one attached hydrogen (secondary N) is 1. The summed E-state index contributed by atoms with van der Waals surface area (Å²) in [7, 11) is 1.66. The minimum absolute atomic E-state index is 0.0643. The first-order chi connectivity index (χ1) is 9.86. The number of carbonyl (C=O) groups excluding carboxylic acids is 1.